The van der Waals surface area contributed by atoms with Gasteiger partial charge in [0.15, 0.2) is 11.0 Å². The molecule has 0 saturated carbocycles. The van der Waals surface area contributed by atoms with Gasteiger partial charge >= 0.3 is 0 Å². The Morgan fingerprint density at radius 2 is 1.63 bits per heavy atom. The second kappa shape index (κ2) is 8.25. The van der Waals surface area contributed by atoms with Crippen molar-refractivity contribution in [2.75, 3.05) is 6.26 Å². The number of aromatic nitrogens is 3. The third-order valence-corrected chi connectivity index (χ3v) is 4.79. The maximum absolute atomic E-state index is 11.6. The number of nitrogens with zero attached hydrogens (tertiary/aromatic N) is 3. The first kappa shape index (κ1) is 21.2. The van der Waals surface area contributed by atoms with Gasteiger partial charge in [0, 0.05) is 6.42 Å². The number of primary amides is 1. The number of benzene rings is 1. The zero-order chi connectivity index (χ0) is 20.2. The lowest BCUT2D eigenvalue weighted by Gasteiger charge is -2.20. The quantitative estimate of drug-likeness (QED) is 0.730. The fourth-order valence-corrected chi connectivity index (χ4v) is 2.75. The van der Waals surface area contributed by atoms with Crippen LogP contribution >= 0.6 is 11.8 Å². The third kappa shape index (κ3) is 5.92. The van der Waals surface area contributed by atoms with Crippen molar-refractivity contribution >= 4 is 17.7 Å². The highest BCUT2D eigenvalue weighted by Crippen LogP contribution is 2.25. The van der Waals surface area contributed by atoms with Crippen LogP contribution in [0.1, 0.15) is 51.8 Å². The van der Waals surface area contributed by atoms with E-state index in [0.717, 1.165) is 5.75 Å². The standard InChI is InChI=1S/C20H28N4O2S/c1-19(2,3)13-7-9-14(10-8-13)26-12-16-22-15(23-18(24-16)27-6)11-20(4,5)17(21)25/h7-10H,11-12H2,1-6H3,(H2,21,25). The molecule has 0 aliphatic rings. The highest BCUT2D eigenvalue weighted by atomic mass is 32.2. The summed E-state index contributed by atoms with van der Waals surface area (Å²) in [5, 5.41) is 0.599. The van der Waals surface area contributed by atoms with E-state index in [0.29, 0.717) is 23.2 Å². The molecule has 1 amide bonds. The van der Waals surface area contributed by atoms with E-state index in [4.69, 9.17) is 10.5 Å². The summed E-state index contributed by atoms with van der Waals surface area (Å²) >= 11 is 1.42. The molecule has 1 aromatic heterocycles. The predicted molar refractivity (Wildman–Crippen MR) is 108 cm³/mol. The van der Waals surface area contributed by atoms with Crippen molar-refractivity contribution in [2.45, 2.75) is 58.2 Å². The Hall–Kier alpha value is -2.15. The van der Waals surface area contributed by atoms with E-state index in [1.807, 2.05) is 18.4 Å². The fraction of sp³-hybridized carbons (Fsp3) is 0.500. The fourth-order valence-electron chi connectivity index (χ4n) is 2.36. The number of carbonyl (C=O) groups excluding carboxylic acids is 1. The molecule has 2 aromatic rings. The second-order valence-corrected chi connectivity index (χ2v) is 8.92. The first-order chi connectivity index (χ1) is 12.5. The van der Waals surface area contributed by atoms with Gasteiger partial charge in [-0.15, -0.1) is 0 Å². The van der Waals surface area contributed by atoms with Crippen LogP contribution in [-0.4, -0.2) is 27.1 Å². The molecule has 6 nitrogen and oxygen atoms in total. The summed E-state index contributed by atoms with van der Waals surface area (Å²) in [4.78, 5) is 24.8. The molecule has 0 radical (unpaired) electrons. The normalized spacial score (nSPS) is 12.1. The maximum Gasteiger partial charge on any atom is 0.223 e. The van der Waals surface area contributed by atoms with Crippen LogP contribution in [0.25, 0.3) is 0 Å². The number of rotatable bonds is 7. The first-order valence-electron chi connectivity index (χ1n) is 8.82. The number of amides is 1. The Balaban J connectivity index is 2.14. The molecule has 27 heavy (non-hydrogen) atoms. The topological polar surface area (TPSA) is 91.0 Å². The molecule has 1 heterocycles. The van der Waals surface area contributed by atoms with Crippen molar-refractivity contribution < 1.29 is 9.53 Å². The summed E-state index contributed by atoms with van der Waals surface area (Å²) < 4.78 is 5.84. The minimum atomic E-state index is -0.724. The molecule has 1 aromatic carbocycles. The third-order valence-electron chi connectivity index (χ3n) is 4.25. The van der Waals surface area contributed by atoms with Crippen molar-refractivity contribution in [1.82, 2.24) is 15.0 Å². The molecule has 0 bridgehead atoms. The summed E-state index contributed by atoms with van der Waals surface area (Å²) in [7, 11) is 0. The molecule has 146 valence electrons. The second-order valence-electron chi connectivity index (χ2n) is 8.14. The van der Waals surface area contributed by atoms with E-state index in [1.165, 1.54) is 17.3 Å². The van der Waals surface area contributed by atoms with Crippen molar-refractivity contribution in [1.29, 1.82) is 0 Å². The number of hydrogen-bond acceptors (Lipinski definition) is 6. The van der Waals surface area contributed by atoms with Gasteiger partial charge in [-0.3, -0.25) is 4.79 Å². The van der Waals surface area contributed by atoms with E-state index in [2.05, 4.69) is 47.9 Å². The van der Waals surface area contributed by atoms with Gasteiger partial charge in [0.25, 0.3) is 0 Å². The van der Waals surface area contributed by atoms with E-state index >= 15 is 0 Å². The van der Waals surface area contributed by atoms with Crippen LogP contribution in [0.3, 0.4) is 0 Å². The minimum Gasteiger partial charge on any atom is -0.486 e. The van der Waals surface area contributed by atoms with Gasteiger partial charge in [0.2, 0.25) is 5.91 Å². The average Bonchev–Trinajstić information content (AvgIpc) is 2.58. The number of nitrogens with two attached hydrogens (primary N) is 1. The van der Waals surface area contributed by atoms with Crippen molar-refractivity contribution in [3.8, 4) is 5.75 Å². The summed E-state index contributed by atoms with van der Waals surface area (Å²) in [5.74, 6) is 1.45. The van der Waals surface area contributed by atoms with Crippen molar-refractivity contribution in [2.24, 2.45) is 11.1 Å². The van der Waals surface area contributed by atoms with Gasteiger partial charge in [-0.05, 0) is 29.4 Å². The first-order valence-corrected chi connectivity index (χ1v) is 10.0. The largest absolute Gasteiger partial charge is 0.486 e. The molecule has 0 aliphatic carbocycles. The van der Waals surface area contributed by atoms with E-state index < -0.39 is 5.41 Å². The molecule has 7 heteroatoms. The van der Waals surface area contributed by atoms with Crippen LogP contribution in [0.4, 0.5) is 0 Å². The lowest BCUT2D eigenvalue weighted by molar-refractivity contribution is -0.126. The summed E-state index contributed by atoms with van der Waals surface area (Å²) in [6, 6.07) is 8.04. The van der Waals surface area contributed by atoms with Gasteiger partial charge in [0.1, 0.15) is 18.2 Å². The van der Waals surface area contributed by atoms with Crippen LogP contribution in [0.15, 0.2) is 29.4 Å². The molecule has 0 unspecified atom stereocenters. The average molecular weight is 389 g/mol. The number of thioether (sulfide) groups is 1. The van der Waals surface area contributed by atoms with Crippen LogP contribution in [0.2, 0.25) is 0 Å². The Labute approximate surface area is 165 Å². The zero-order valence-electron chi connectivity index (χ0n) is 16.9. The van der Waals surface area contributed by atoms with Crippen LogP contribution in [-0.2, 0) is 23.2 Å². The molecule has 0 atom stereocenters. The van der Waals surface area contributed by atoms with Gasteiger partial charge in [-0.25, -0.2) is 15.0 Å². The Morgan fingerprint density at radius 1 is 1.04 bits per heavy atom. The highest BCUT2D eigenvalue weighted by molar-refractivity contribution is 7.98. The lowest BCUT2D eigenvalue weighted by atomic mass is 9.87. The maximum atomic E-state index is 11.6. The highest BCUT2D eigenvalue weighted by Gasteiger charge is 2.27. The van der Waals surface area contributed by atoms with Gasteiger partial charge in [-0.1, -0.05) is 58.5 Å². The lowest BCUT2D eigenvalue weighted by Crippen LogP contribution is -2.34. The molecular formula is C20H28N4O2S. The van der Waals surface area contributed by atoms with E-state index in [9.17, 15) is 4.79 Å². The van der Waals surface area contributed by atoms with Gasteiger partial charge < -0.3 is 10.5 Å². The molecular weight excluding hydrogens is 360 g/mol. The zero-order valence-corrected chi connectivity index (χ0v) is 17.7. The molecule has 2 N–H and O–H groups in total. The van der Waals surface area contributed by atoms with Gasteiger partial charge in [0.05, 0.1) is 5.41 Å². The van der Waals surface area contributed by atoms with Crippen LogP contribution < -0.4 is 10.5 Å². The van der Waals surface area contributed by atoms with Crippen LogP contribution in [0, 0.1) is 5.41 Å². The summed E-state index contributed by atoms with van der Waals surface area (Å²) in [6.07, 6.45) is 2.25. The smallest absolute Gasteiger partial charge is 0.223 e. The van der Waals surface area contributed by atoms with E-state index in [1.54, 1.807) is 13.8 Å². The minimum absolute atomic E-state index is 0.0993. The van der Waals surface area contributed by atoms with Gasteiger partial charge in [-0.2, -0.15) is 0 Å². The van der Waals surface area contributed by atoms with Crippen molar-refractivity contribution in [3.05, 3.63) is 41.5 Å². The predicted octanol–water partition coefficient (Wildman–Crippen LogP) is 3.52. The Bertz CT molecular complexity index is 799. The summed E-state index contributed by atoms with van der Waals surface area (Å²) in [5.41, 5.74) is 6.09. The molecule has 0 saturated heterocycles. The molecule has 0 aliphatic heterocycles. The number of ether oxygens (including phenoxy) is 1. The Kier molecular flexibility index (Phi) is 6.46. The Morgan fingerprint density at radius 3 is 2.15 bits per heavy atom. The summed E-state index contributed by atoms with van der Waals surface area (Å²) in [6.45, 7) is 10.3. The van der Waals surface area contributed by atoms with Crippen molar-refractivity contribution in [3.63, 3.8) is 0 Å². The number of hydrogen-bond donors (Lipinski definition) is 1. The SMILES string of the molecule is CSc1nc(COc2ccc(C(C)(C)C)cc2)nc(CC(C)(C)C(N)=O)n1. The number of carbonyl (C=O) groups is 1. The molecule has 0 spiro atoms. The monoisotopic (exact) mass is 388 g/mol. The van der Waals surface area contributed by atoms with Crippen LogP contribution in [0.5, 0.6) is 5.75 Å². The molecule has 0 fully saturated rings. The molecule has 2 rings (SSSR count). The van der Waals surface area contributed by atoms with E-state index in [-0.39, 0.29) is 17.9 Å².